The Morgan fingerprint density at radius 3 is 2.67 bits per heavy atom. The number of carbonyl (C=O) groups is 1. The van der Waals surface area contributed by atoms with E-state index in [0.29, 0.717) is 17.3 Å². The summed E-state index contributed by atoms with van der Waals surface area (Å²) in [6, 6.07) is 14.8. The lowest BCUT2D eigenvalue weighted by molar-refractivity contribution is 0.251. The standard InChI is InChI=1S/C18H16ClN3OS/c1-12-21-17(11-24-12)14-7-5-13(6-8-14)10-20-18(23)22-16-4-2-3-15(19)9-16/h2-9,11H,10H2,1H3,(H2,20,22,23). The highest BCUT2D eigenvalue weighted by Gasteiger charge is 2.04. The van der Waals surface area contributed by atoms with E-state index in [1.807, 2.05) is 36.6 Å². The molecule has 6 heteroatoms. The topological polar surface area (TPSA) is 54.0 Å². The minimum Gasteiger partial charge on any atom is -0.334 e. The summed E-state index contributed by atoms with van der Waals surface area (Å²) < 4.78 is 0. The number of halogens is 1. The van der Waals surface area contributed by atoms with Crippen LogP contribution in [0.3, 0.4) is 0 Å². The van der Waals surface area contributed by atoms with E-state index < -0.39 is 0 Å². The van der Waals surface area contributed by atoms with Crippen LogP contribution in [0.1, 0.15) is 10.6 Å². The number of aryl methyl sites for hydroxylation is 1. The first-order valence-corrected chi connectivity index (χ1v) is 8.68. The van der Waals surface area contributed by atoms with Crippen molar-refractivity contribution in [2.24, 2.45) is 0 Å². The van der Waals surface area contributed by atoms with Crippen molar-refractivity contribution < 1.29 is 4.79 Å². The summed E-state index contributed by atoms with van der Waals surface area (Å²) in [6.07, 6.45) is 0. The van der Waals surface area contributed by atoms with Crippen LogP contribution in [-0.2, 0) is 6.54 Å². The minimum atomic E-state index is -0.267. The third kappa shape index (κ3) is 4.34. The molecule has 0 aliphatic rings. The van der Waals surface area contributed by atoms with Crippen LogP contribution in [0.4, 0.5) is 10.5 Å². The second kappa shape index (κ2) is 7.47. The van der Waals surface area contributed by atoms with Gasteiger partial charge in [-0.1, -0.05) is 41.9 Å². The molecule has 0 atom stereocenters. The fraction of sp³-hybridized carbons (Fsp3) is 0.111. The van der Waals surface area contributed by atoms with E-state index >= 15 is 0 Å². The molecule has 0 bridgehead atoms. The molecular weight excluding hydrogens is 342 g/mol. The maximum Gasteiger partial charge on any atom is 0.319 e. The van der Waals surface area contributed by atoms with E-state index in [9.17, 15) is 4.79 Å². The van der Waals surface area contributed by atoms with Crippen LogP contribution < -0.4 is 10.6 Å². The first-order chi connectivity index (χ1) is 11.6. The lowest BCUT2D eigenvalue weighted by Gasteiger charge is -2.08. The van der Waals surface area contributed by atoms with Gasteiger partial charge in [-0.3, -0.25) is 0 Å². The first kappa shape index (κ1) is 16.5. The molecule has 122 valence electrons. The number of urea groups is 1. The normalized spacial score (nSPS) is 10.4. The smallest absolute Gasteiger partial charge is 0.319 e. The highest BCUT2D eigenvalue weighted by atomic mass is 35.5. The zero-order valence-corrected chi connectivity index (χ0v) is 14.6. The zero-order valence-electron chi connectivity index (χ0n) is 13.0. The van der Waals surface area contributed by atoms with Crippen LogP contribution in [0.5, 0.6) is 0 Å². The van der Waals surface area contributed by atoms with Crippen molar-refractivity contribution in [3.63, 3.8) is 0 Å². The van der Waals surface area contributed by atoms with Crippen molar-refractivity contribution in [2.45, 2.75) is 13.5 Å². The van der Waals surface area contributed by atoms with Gasteiger partial charge in [0.2, 0.25) is 0 Å². The Bertz CT molecular complexity index is 845. The van der Waals surface area contributed by atoms with E-state index in [4.69, 9.17) is 11.6 Å². The van der Waals surface area contributed by atoms with Gasteiger partial charge in [0.15, 0.2) is 0 Å². The van der Waals surface area contributed by atoms with Gasteiger partial charge in [-0.15, -0.1) is 11.3 Å². The number of rotatable bonds is 4. The number of nitrogens with one attached hydrogen (secondary N) is 2. The quantitative estimate of drug-likeness (QED) is 0.683. The van der Waals surface area contributed by atoms with Gasteiger partial charge in [0.05, 0.1) is 10.7 Å². The number of amides is 2. The molecule has 1 heterocycles. The van der Waals surface area contributed by atoms with E-state index in [2.05, 4.69) is 15.6 Å². The van der Waals surface area contributed by atoms with Crippen LogP contribution in [0, 0.1) is 6.92 Å². The van der Waals surface area contributed by atoms with Crippen LogP contribution >= 0.6 is 22.9 Å². The molecule has 4 nitrogen and oxygen atoms in total. The second-order valence-electron chi connectivity index (χ2n) is 5.27. The third-order valence-corrected chi connectivity index (χ3v) is 4.41. The summed E-state index contributed by atoms with van der Waals surface area (Å²) in [5.74, 6) is 0. The average Bonchev–Trinajstić information content (AvgIpc) is 3.00. The van der Waals surface area contributed by atoms with Gasteiger partial charge in [0.1, 0.15) is 0 Å². The number of hydrogen-bond acceptors (Lipinski definition) is 3. The number of hydrogen-bond donors (Lipinski definition) is 2. The summed E-state index contributed by atoms with van der Waals surface area (Å²) in [4.78, 5) is 16.4. The maximum atomic E-state index is 11.9. The molecule has 0 spiro atoms. The molecule has 3 aromatic rings. The van der Waals surface area contributed by atoms with E-state index in [1.54, 1.807) is 35.6 Å². The van der Waals surface area contributed by atoms with Gasteiger partial charge in [-0.2, -0.15) is 0 Å². The summed E-state index contributed by atoms with van der Waals surface area (Å²) in [5.41, 5.74) is 3.74. The summed E-state index contributed by atoms with van der Waals surface area (Å²) in [7, 11) is 0. The molecule has 2 aromatic carbocycles. The lowest BCUT2D eigenvalue weighted by atomic mass is 10.1. The fourth-order valence-corrected chi connectivity index (χ4v) is 3.03. The molecule has 0 saturated heterocycles. The van der Waals surface area contributed by atoms with Crippen LogP contribution in [0.15, 0.2) is 53.9 Å². The zero-order chi connectivity index (χ0) is 16.9. The van der Waals surface area contributed by atoms with E-state index in [-0.39, 0.29) is 6.03 Å². The molecule has 2 amide bonds. The number of aromatic nitrogens is 1. The average molecular weight is 358 g/mol. The fourth-order valence-electron chi connectivity index (χ4n) is 2.21. The Labute approximate surface area is 149 Å². The molecule has 2 N–H and O–H groups in total. The predicted octanol–water partition coefficient (Wildman–Crippen LogP) is 5.09. The van der Waals surface area contributed by atoms with Crippen molar-refractivity contribution in [2.75, 3.05) is 5.32 Å². The molecule has 24 heavy (non-hydrogen) atoms. The Kier molecular flexibility index (Phi) is 5.13. The number of carbonyl (C=O) groups excluding carboxylic acids is 1. The van der Waals surface area contributed by atoms with Gasteiger partial charge in [0, 0.05) is 28.2 Å². The summed E-state index contributed by atoms with van der Waals surface area (Å²) >= 11 is 7.53. The van der Waals surface area contributed by atoms with Crippen molar-refractivity contribution in [3.05, 3.63) is 69.5 Å². The molecule has 0 unspecified atom stereocenters. The number of nitrogens with zero attached hydrogens (tertiary/aromatic N) is 1. The van der Waals surface area contributed by atoms with Crippen molar-refractivity contribution in [1.29, 1.82) is 0 Å². The van der Waals surface area contributed by atoms with Gasteiger partial charge in [0.25, 0.3) is 0 Å². The first-order valence-electron chi connectivity index (χ1n) is 7.42. The Morgan fingerprint density at radius 1 is 1.21 bits per heavy atom. The Balaban J connectivity index is 1.55. The second-order valence-corrected chi connectivity index (χ2v) is 6.77. The van der Waals surface area contributed by atoms with Crippen molar-refractivity contribution in [3.8, 4) is 11.3 Å². The summed E-state index contributed by atoms with van der Waals surface area (Å²) in [6.45, 7) is 2.44. The third-order valence-electron chi connectivity index (χ3n) is 3.40. The highest BCUT2D eigenvalue weighted by molar-refractivity contribution is 7.09. The van der Waals surface area contributed by atoms with E-state index in [1.165, 1.54) is 0 Å². The summed E-state index contributed by atoms with van der Waals surface area (Å²) in [5, 5.41) is 9.25. The molecule has 3 rings (SSSR count). The number of benzene rings is 2. The minimum absolute atomic E-state index is 0.267. The monoisotopic (exact) mass is 357 g/mol. The number of thiazole rings is 1. The molecule has 0 aliphatic carbocycles. The largest absolute Gasteiger partial charge is 0.334 e. The van der Waals surface area contributed by atoms with Crippen molar-refractivity contribution >= 4 is 34.7 Å². The lowest BCUT2D eigenvalue weighted by Crippen LogP contribution is -2.28. The molecule has 0 aliphatic heterocycles. The SMILES string of the molecule is Cc1nc(-c2ccc(CNC(=O)Nc3cccc(Cl)c3)cc2)cs1. The van der Waals surface area contributed by atoms with Gasteiger partial charge >= 0.3 is 6.03 Å². The Morgan fingerprint density at radius 2 is 2.00 bits per heavy atom. The van der Waals surface area contributed by atoms with Gasteiger partial charge in [-0.05, 0) is 30.7 Å². The molecule has 0 fully saturated rings. The van der Waals surface area contributed by atoms with Gasteiger partial charge in [-0.25, -0.2) is 9.78 Å². The maximum absolute atomic E-state index is 11.9. The van der Waals surface area contributed by atoms with Crippen LogP contribution in [-0.4, -0.2) is 11.0 Å². The number of anilines is 1. The van der Waals surface area contributed by atoms with Gasteiger partial charge < -0.3 is 10.6 Å². The van der Waals surface area contributed by atoms with Crippen molar-refractivity contribution in [1.82, 2.24) is 10.3 Å². The van der Waals surface area contributed by atoms with Crippen LogP contribution in [0.2, 0.25) is 5.02 Å². The molecule has 0 radical (unpaired) electrons. The molecular formula is C18H16ClN3OS. The van der Waals surface area contributed by atoms with E-state index in [0.717, 1.165) is 21.8 Å². The predicted molar refractivity (Wildman–Crippen MR) is 99.6 cm³/mol. The highest BCUT2D eigenvalue weighted by Crippen LogP contribution is 2.21. The molecule has 1 aromatic heterocycles. The Hall–Kier alpha value is -2.37. The van der Waals surface area contributed by atoms with Crippen LogP contribution in [0.25, 0.3) is 11.3 Å². The molecule has 0 saturated carbocycles.